The first-order valence-corrected chi connectivity index (χ1v) is 10.3. The van der Waals surface area contributed by atoms with Crippen LogP contribution in [0.25, 0.3) is 10.9 Å². The summed E-state index contributed by atoms with van der Waals surface area (Å²) in [6.07, 6.45) is 3.18. The van der Waals surface area contributed by atoms with Crippen molar-refractivity contribution in [2.24, 2.45) is 0 Å². The van der Waals surface area contributed by atoms with Crippen molar-refractivity contribution in [3.63, 3.8) is 0 Å². The maximum Gasteiger partial charge on any atom is 0.149 e. The van der Waals surface area contributed by atoms with Crippen LogP contribution >= 0.6 is 34.8 Å². The molecular formula is C23H16Cl3FN2O. The van der Waals surface area contributed by atoms with Gasteiger partial charge in [-0.2, -0.15) is 0 Å². The Hall–Kier alpha value is -2.40. The lowest BCUT2D eigenvalue weighted by molar-refractivity contribution is 0.468. The van der Waals surface area contributed by atoms with Gasteiger partial charge in [-0.05, 0) is 24.6 Å². The number of benzene rings is 2. The van der Waals surface area contributed by atoms with E-state index in [2.05, 4.69) is 9.97 Å². The van der Waals surface area contributed by atoms with Crippen LogP contribution in [-0.2, 0) is 6.42 Å². The van der Waals surface area contributed by atoms with Crippen LogP contribution in [0, 0.1) is 12.7 Å². The highest BCUT2D eigenvalue weighted by molar-refractivity contribution is 6.42. The van der Waals surface area contributed by atoms with E-state index in [0.717, 1.165) is 5.39 Å². The minimum absolute atomic E-state index is 0.0141. The fourth-order valence-corrected chi connectivity index (χ4v) is 4.12. The largest absolute Gasteiger partial charge is 0.505 e. The Kier molecular flexibility index (Phi) is 5.83. The van der Waals surface area contributed by atoms with Crippen LogP contribution < -0.4 is 0 Å². The van der Waals surface area contributed by atoms with Gasteiger partial charge in [-0.25, -0.2) is 4.39 Å². The summed E-state index contributed by atoms with van der Waals surface area (Å²) in [7, 11) is 0. The van der Waals surface area contributed by atoms with Gasteiger partial charge in [0.2, 0.25) is 0 Å². The average molecular weight is 462 g/mol. The van der Waals surface area contributed by atoms with Crippen molar-refractivity contribution < 1.29 is 9.50 Å². The minimum Gasteiger partial charge on any atom is -0.505 e. The lowest BCUT2D eigenvalue weighted by atomic mass is 9.85. The summed E-state index contributed by atoms with van der Waals surface area (Å²) in [6.45, 7) is 1.60. The van der Waals surface area contributed by atoms with Gasteiger partial charge in [0.25, 0.3) is 0 Å². The maximum atomic E-state index is 14.9. The molecule has 0 amide bonds. The van der Waals surface area contributed by atoms with Crippen molar-refractivity contribution in [3.05, 3.63) is 98.1 Å². The highest BCUT2D eigenvalue weighted by Gasteiger charge is 2.25. The SMILES string of the molecule is Cc1c(Cl)cnc(CC(c2cccc(Cl)c2Cl)c2ccc3cccnc3c2O)c1F. The van der Waals surface area contributed by atoms with E-state index in [4.69, 9.17) is 34.8 Å². The minimum atomic E-state index is -0.509. The van der Waals surface area contributed by atoms with E-state index in [9.17, 15) is 9.50 Å². The van der Waals surface area contributed by atoms with Gasteiger partial charge in [-0.3, -0.25) is 9.97 Å². The van der Waals surface area contributed by atoms with Crippen molar-refractivity contribution in [2.45, 2.75) is 19.3 Å². The molecule has 0 fully saturated rings. The van der Waals surface area contributed by atoms with Crippen molar-refractivity contribution >= 4 is 45.7 Å². The first kappa shape index (κ1) is 20.9. The first-order chi connectivity index (χ1) is 14.4. The predicted molar refractivity (Wildman–Crippen MR) is 119 cm³/mol. The zero-order valence-corrected chi connectivity index (χ0v) is 18.1. The molecular weight excluding hydrogens is 446 g/mol. The summed E-state index contributed by atoms with van der Waals surface area (Å²) in [5.74, 6) is -0.977. The molecule has 0 spiro atoms. The standard InChI is InChI=1S/C23H16Cl3FN2O/c1-12-18(25)11-29-19(21(12)27)10-16(14-5-2-6-17(24)20(14)26)15-8-7-13-4-3-9-28-22(13)23(15)30/h2-9,11,16,30H,10H2,1H3. The van der Waals surface area contributed by atoms with E-state index in [0.29, 0.717) is 32.3 Å². The van der Waals surface area contributed by atoms with Gasteiger partial charge in [0.1, 0.15) is 17.1 Å². The molecule has 4 aromatic rings. The summed E-state index contributed by atoms with van der Waals surface area (Å²) in [4.78, 5) is 8.48. The van der Waals surface area contributed by atoms with Crippen LogP contribution in [-0.4, -0.2) is 15.1 Å². The Bertz CT molecular complexity index is 1260. The van der Waals surface area contributed by atoms with Gasteiger partial charge in [0, 0.05) is 41.2 Å². The summed E-state index contributed by atoms with van der Waals surface area (Å²) in [5, 5.41) is 12.8. The van der Waals surface area contributed by atoms with E-state index in [1.807, 2.05) is 18.2 Å². The summed E-state index contributed by atoms with van der Waals surface area (Å²) < 4.78 is 14.9. The Morgan fingerprint density at radius 3 is 2.57 bits per heavy atom. The van der Waals surface area contributed by atoms with Crippen LogP contribution in [0.4, 0.5) is 4.39 Å². The van der Waals surface area contributed by atoms with Crippen LogP contribution in [0.2, 0.25) is 15.1 Å². The zero-order chi connectivity index (χ0) is 21.4. The molecule has 1 N–H and O–H groups in total. The molecule has 30 heavy (non-hydrogen) atoms. The van der Waals surface area contributed by atoms with Crippen LogP contribution in [0.15, 0.2) is 54.9 Å². The van der Waals surface area contributed by atoms with Crippen LogP contribution in [0.3, 0.4) is 0 Å². The fraction of sp³-hybridized carbons (Fsp3) is 0.130. The van der Waals surface area contributed by atoms with Crippen molar-refractivity contribution in [1.82, 2.24) is 9.97 Å². The van der Waals surface area contributed by atoms with E-state index >= 15 is 0 Å². The molecule has 2 aromatic heterocycles. The molecule has 3 nitrogen and oxygen atoms in total. The van der Waals surface area contributed by atoms with E-state index in [1.165, 1.54) is 6.20 Å². The van der Waals surface area contributed by atoms with Gasteiger partial charge in [0.15, 0.2) is 0 Å². The Labute approximate surface area is 188 Å². The third kappa shape index (κ3) is 3.71. The molecule has 152 valence electrons. The van der Waals surface area contributed by atoms with Gasteiger partial charge in [0.05, 0.1) is 20.8 Å². The Morgan fingerprint density at radius 1 is 0.967 bits per heavy atom. The molecule has 1 atom stereocenters. The van der Waals surface area contributed by atoms with E-state index in [-0.39, 0.29) is 22.9 Å². The Morgan fingerprint density at radius 2 is 1.77 bits per heavy atom. The van der Waals surface area contributed by atoms with E-state index < -0.39 is 11.7 Å². The zero-order valence-electron chi connectivity index (χ0n) is 15.8. The number of rotatable bonds is 4. The van der Waals surface area contributed by atoms with Gasteiger partial charge < -0.3 is 5.11 Å². The molecule has 0 saturated carbocycles. The number of halogens is 4. The normalized spacial score (nSPS) is 12.3. The molecule has 1 unspecified atom stereocenters. The van der Waals surface area contributed by atoms with Crippen LogP contribution in [0.5, 0.6) is 5.75 Å². The molecule has 4 rings (SSSR count). The summed E-state index contributed by atoms with van der Waals surface area (Å²) in [5.41, 5.74) is 2.21. The Balaban J connectivity index is 1.92. The second-order valence-electron chi connectivity index (χ2n) is 6.97. The smallest absolute Gasteiger partial charge is 0.149 e. The molecule has 0 aliphatic rings. The number of phenolic OH excluding ortho intramolecular Hbond substituents is 1. The van der Waals surface area contributed by atoms with Crippen molar-refractivity contribution in [2.75, 3.05) is 0 Å². The molecule has 0 bridgehead atoms. The number of hydrogen-bond donors (Lipinski definition) is 1. The lowest BCUT2D eigenvalue weighted by Crippen LogP contribution is -2.10. The second kappa shape index (κ2) is 8.38. The number of aromatic hydroxyl groups is 1. The van der Waals surface area contributed by atoms with Gasteiger partial charge in [-0.15, -0.1) is 0 Å². The molecule has 2 heterocycles. The quantitative estimate of drug-likeness (QED) is 0.352. The van der Waals surface area contributed by atoms with Crippen molar-refractivity contribution in [3.8, 4) is 5.75 Å². The third-order valence-electron chi connectivity index (χ3n) is 5.18. The maximum absolute atomic E-state index is 14.9. The lowest BCUT2D eigenvalue weighted by Gasteiger charge is -2.22. The number of pyridine rings is 2. The molecule has 0 radical (unpaired) electrons. The average Bonchev–Trinajstić information content (AvgIpc) is 2.75. The first-order valence-electron chi connectivity index (χ1n) is 9.18. The van der Waals surface area contributed by atoms with E-state index in [1.54, 1.807) is 37.4 Å². The predicted octanol–water partition coefficient (Wildman–Crippen LogP) is 7.12. The molecule has 2 aromatic carbocycles. The summed E-state index contributed by atoms with van der Waals surface area (Å²) in [6, 6.07) is 12.6. The van der Waals surface area contributed by atoms with Crippen LogP contribution in [0.1, 0.15) is 28.3 Å². The summed E-state index contributed by atoms with van der Waals surface area (Å²) >= 11 is 18.8. The number of phenols is 1. The number of fused-ring (bicyclic) bond motifs is 1. The highest BCUT2D eigenvalue weighted by Crippen LogP contribution is 2.42. The second-order valence-corrected chi connectivity index (χ2v) is 8.16. The number of nitrogens with zero attached hydrogens (tertiary/aromatic N) is 2. The fourth-order valence-electron chi connectivity index (χ4n) is 3.55. The monoisotopic (exact) mass is 460 g/mol. The third-order valence-corrected chi connectivity index (χ3v) is 6.40. The van der Waals surface area contributed by atoms with Gasteiger partial charge in [-0.1, -0.05) is 65.1 Å². The molecule has 0 aliphatic heterocycles. The van der Waals surface area contributed by atoms with Gasteiger partial charge >= 0.3 is 0 Å². The highest BCUT2D eigenvalue weighted by atomic mass is 35.5. The number of aromatic nitrogens is 2. The number of hydrogen-bond acceptors (Lipinski definition) is 3. The molecule has 0 aliphatic carbocycles. The van der Waals surface area contributed by atoms with Crippen molar-refractivity contribution in [1.29, 1.82) is 0 Å². The molecule has 0 saturated heterocycles. The molecule has 7 heteroatoms. The topological polar surface area (TPSA) is 46.0 Å².